The molecule has 124 valence electrons. The molecule has 23 heavy (non-hydrogen) atoms. The van der Waals surface area contributed by atoms with Crippen LogP contribution in [0, 0.1) is 0 Å². The Morgan fingerprint density at radius 1 is 1.30 bits per heavy atom. The lowest BCUT2D eigenvalue weighted by Crippen LogP contribution is -2.10. The van der Waals surface area contributed by atoms with Gasteiger partial charge in [0.25, 0.3) is 11.1 Å². The third kappa shape index (κ3) is 4.99. The van der Waals surface area contributed by atoms with Crippen molar-refractivity contribution >= 4 is 17.7 Å². The summed E-state index contributed by atoms with van der Waals surface area (Å²) in [6, 6.07) is 7.88. The van der Waals surface area contributed by atoms with Crippen molar-refractivity contribution in [2.45, 2.75) is 44.4 Å². The van der Waals surface area contributed by atoms with E-state index in [1.54, 1.807) is 6.92 Å². The molecular weight excluding hydrogens is 316 g/mol. The van der Waals surface area contributed by atoms with Gasteiger partial charge in [0.05, 0.1) is 0 Å². The zero-order chi connectivity index (χ0) is 17.0. The van der Waals surface area contributed by atoms with Gasteiger partial charge in [-0.1, -0.05) is 44.7 Å². The van der Waals surface area contributed by atoms with Gasteiger partial charge in [-0.2, -0.15) is 0 Å². The first-order chi connectivity index (χ1) is 10.8. The lowest BCUT2D eigenvalue weighted by atomic mass is 9.87. The number of benzene rings is 1. The molecule has 0 aliphatic rings. The first kappa shape index (κ1) is 17.3. The molecule has 0 saturated heterocycles. The molecule has 0 saturated carbocycles. The van der Waals surface area contributed by atoms with E-state index in [1.807, 2.05) is 24.3 Å². The van der Waals surface area contributed by atoms with Crippen molar-refractivity contribution < 1.29 is 19.1 Å². The summed E-state index contributed by atoms with van der Waals surface area (Å²) in [6.45, 7) is 8.26. The number of thioether (sulfide) groups is 1. The molecule has 0 radical (unpaired) electrons. The summed E-state index contributed by atoms with van der Waals surface area (Å²) in [6.07, 6.45) is -0.415. The fourth-order valence-electron chi connectivity index (χ4n) is 1.85. The minimum atomic E-state index is -0.932. The third-order valence-corrected chi connectivity index (χ3v) is 3.93. The molecule has 1 atom stereocenters. The summed E-state index contributed by atoms with van der Waals surface area (Å²) in [5.41, 5.74) is 1.31. The van der Waals surface area contributed by atoms with Crippen LogP contribution in [0.2, 0.25) is 0 Å². The molecule has 1 aromatic heterocycles. The summed E-state index contributed by atoms with van der Waals surface area (Å²) in [4.78, 5) is 10.5. The van der Waals surface area contributed by atoms with E-state index in [-0.39, 0.29) is 16.4 Å². The quantitative estimate of drug-likeness (QED) is 0.805. The van der Waals surface area contributed by atoms with E-state index in [4.69, 9.17) is 14.3 Å². The van der Waals surface area contributed by atoms with Gasteiger partial charge in [0.1, 0.15) is 11.5 Å². The van der Waals surface area contributed by atoms with Gasteiger partial charge in [0, 0.05) is 0 Å². The molecule has 1 aromatic carbocycles. The van der Waals surface area contributed by atoms with Crippen LogP contribution < -0.4 is 4.74 Å². The van der Waals surface area contributed by atoms with E-state index in [2.05, 4.69) is 31.0 Å². The Morgan fingerprint density at radius 3 is 2.52 bits per heavy atom. The summed E-state index contributed by atoms with van der Waals surface area (Å²) in [5, 5.41) is 16.5. The number of rotatable bonds is 6. The normalized spacial score (nSPS) is 12.9. The SMILES string of the molecule is CC(Oc1ccc(C(C)(C)C)cc1)c1nnc(SCC(=O)O)o1. The Morgan fingerprint density at radius 2 is 1.96 bits per heavy atom. The van der Waals surface area contributed by atoms with Gasteiger partial charge in [0.15, 0.2) is 6.10 Å². The Balaban J connectivity index is 1.98. The van der Waals surface area contributed by atoms with Crippen molar-refractivity contribution in [3.8, 4) is 5.75 Å². The van der Waals surface area contributed by atoms with Crippen LogP contribution in [0.15, 0.2) is 33.9 Å². The highest BCUT2D eigenvalue weighted by atomic mass is 32.2. The van der Waals surface area contributed by atoms with Crippen LogP contribution in [0.1, 0.15) is 45.3 Å². The van der Waals surface area contributed by atoms with E-state index >= 15 is 0 Å². The highest BCUT2D eigenvalue weighted by Crippen LogP contribution is 2.27. The van der Waals surface area contributed by atoms with E-state index in [0.717, 1.165) is 11.8 Å². The van der Waals surface area contributed by atoms with Crippen LogP contribution in [0.3, 0.4) is 0 Å². The second kappa shape index (κ2) is 7.04. The van der Waals surface area contributed by atoms with Crippen molar-refractivity contribution in [3.05, 3.63) is 35.7 Å². The Labute approximate surface area is 139 Å². The minimum absolute atomic E-state index is 0.0902. The Hall–Kier alpha value is -2.02. The van der Waals surface area contributed by atoms with E-state index in [1.165, 1.54) is 5.56 Å². The maximum Gasteiger partial charge on any atom is 0.314 e. The zero-order valence-electron chi connectivity index (χ0n) is 13.6. The lowest BCUT2D eigenvalue weighted by Gasteiger charge is -2.19. The van der Waals surface area contributed by atoms with Crippen molar-refractivity contribution in [3.63, 3.8) is 0 Å². The summed E-state index contributed by atoms with van der Waals surface area (Å²) in [7, 11) is 0. The van der Waals surface area contributed by atoms with Crippen molar-refractivity contribution in [2.75, 3.05) is 5.75 Å². The third-order valence-electron chi connectivity index (χ3n) is 3.12. The molecule has 0 spiro atoms. The monoisotopic (exact) mass is 336 g/mol. The van der Waals surface area contributed by atoms with Crippen LogP contribution in [0.25, 0.3) is 0 Å². The Bertz CT molecular complexity index is 661. The maximum atomic E-state index is 10.5. The number of ether oxygens (including phenoxy) is 1. The summed E-state index contributed by atoms with van der Waals surface area (Å²) < 4.78 is 11.2. The van der Waals surface area contributed by atoms with Crippen LogP contribution in [-0.2, 0) is 10.2 Å². The van der Waals surface area contributed by atoms with Crippen LogP contribution in [-0.4, -0.2) is 27.0 Å². The molecule has 7 heteroatoms. The topological polar surface area (TPSA) is 85.5 Å². The fraction of sp³-hybridized carbons (Fsp3) is 0.438. The highest BCUT2D eigenvalue weighted by Gasteiger charge is 2.18. The van der Waals surface area contributed by atoms with E-state index < -0.39 is 12.1 Å². The molecule has 0 fully saturated rings. The van der Waals surface area contributed by atoms with Crippen molar-refractivity contribution in [1.82, 2.24) is 10.2 Å². The average Bonchev–Trinajstić information content (AvgIpc) is 2.93. The van der Waals surface area contributed by atoms with Crippen molar-refractivity contribution in [2.24, 2.45) is 0 Å². The molecule has 1 unspecified atom stereocenters. The first-order valence-electron chi connectivity index (χ1n) is 7.21. The molecule has 2 rings (SSSR count). The van der Waals surface area contributed by atoms with E-state index in [0.29, 0.717) is 11.6 Å². The summed E-state index contributed by atoms with van der Waals surface area (Å²) >= 11 is 0.982. The molecule has 6 nitrogen and oxygen atoms in total. The Kier molecular flexibility index (Phi) is 5.30. The number of carbonyl (C=O) groups is 1. The number of hydrogen-bond acceptors (Lipinski definition) is 6. The molecule has 0 aliphatic heterocycles. The second-order valence-corrected chi connectivity index (χ2v) is 7.05. The van der Waals surface area contributed by atoms with Gasteiger partial charge in [-0.3, -0.25) is 4.79 Å². The first-order valence-corrected chi connectivity index (χ1v) is 8.19. The maximum absolute atomic E-state index is 10.5. The number of aliphatic carboxylic acids is 1. The van der Waals surface area contributed by atoms with Crippen LogP contribution in [0.4, 0.5) is 0 Å². The molecular formula is C16H20N2O4S. The van der Waals surface area contributed by atoms with Gasteiger partial charge >= 0.3 is 5.97 Å². The second-order valence-electron chi connectivity index (χ2n) is 6.12. The summed E-state index contributed by atoms with van der Waals surface area (Å²) in [5.74, 6) is -0.0234. The standard InChI is InChI=1S/C16H20N2O4S/c1-10(14-17-18-15(22-14)23-9-13(19)20)21-12-7-5-11(6-8-12)16(2,3)4/h5-8,10H,9H2,1-4H3,(H,19,20). The molecule has 0 bridgehead atoms. The van der Waals surface area contributed by atoms with Crippen molar-refractivity contribution in [1.29, 1.82) is 0 Å². The number of nitrogens with zero attached hydrogens (tertiary/aromatic N) is 2. The zero-order valence-corrected chi connectivity index (χ0v) is 14.4. The molecule has 0 aliphatic carbocycles. The fourth-order valence-corrected chi connectivity index (χ4v) is 2.34. The number of carboxylic acid groups (broad SMARTS) is 1. The minimum Gasteiger partial charge on any atom is -0.481 e. The van der Waals surface area contributed by atoms with Gasteiger partial charge in [0.2, 0.25) is 0 Å². The number of carboxylic acids is 1. The smallest absolute Gasteiger partial charge is 0.314 e. The average molecular weight is 336 g/mol. The molecule has 0 amide bonds. The van der Waals surface area contributed by atoms with Crippen LogP contribution in [0.5, 0.6) is 5.75 Å². The number of hydrogen-bond donors (Lipinski definition) is 1. The largest absolute Gasteiger partial charge is 0.481 e. The van der Waals surface area contributed by atoms with E-state index in [9.17, 15) is 4.79 Å². The molecule has 2 aromatic rings. The van der Waals surface area contributed by atoms with Gasteiger partial charge in [-0.15, -0.1) is 10.2 Å². The van der Waals surface area contributed by atoms with Gasteiger partial charge in [-0.05, 0) is 30.0 Å². The highest BCUT2D eigenvalue weighted by molar-refractivity contribution is 7.99. The number of aromatic nitrogens is 2. The van der Waals surface area contributed by atoms with Gasteiger partial charge < -0.3 is 14.3 Å². The molecule has 1 heterocycles. The lowest BCUT2D eigenvalue weighted by molar-refractivity contribution is -0.133. The molecule has 1 N–H and O–H groups in total. The van der Waals surface area contributed by atoms with Gasteiger partial charge in [-0.25, -0.2) is 0 Å². The predicted molar refractivity (Wildman–Crippen MR) is 86.8 cm³/mol. The predicted octanol–water partition coefficient (Wildman–Crippen LogP) is 3.68. The van der Waals surface area contributed by atoms with Crippen LogP contribution >= 0.6 is 11.8 Å².